The molecule has 0 radical (unpaired) electrons. The molecule has 0 bridgehead atoms. The lowest BCUT2D eigenvalue weighted by Crippen LogP contribution is -2.33. The van der Waals surface area contributed by atoms with Crippen LogP contribution < -0.4 is 5.32 Å². The van der Waals surface area contributed by atoms with Crippen LogP contribution in [0.15, 0.2) is 48.5 Å². The van der Waals surface area contributed by atoms with Gasteiger partial charge in [-0.15, -0.1) is 0 Å². The van der Waals surface area contributed by atoms with Crippen LogP contribution in [-0.4, -0.2) is 36.5 Å². The molecule has 0 saturated carbocycles. The highest BCUT2D eigenvalue weighted by atomic mass is 16.5. The highest BCUT2D eigenvalue weighted by Gasteiger charge is 2.17. The van der Waals surface area contributed by atoms with Gasteiger partial charge in [0.1, 0.15) is 0 Å². The van der Waals surface area contributed by atoms with E-state index in [1.165, 1.54) is 18.4 Å². The number of nitrogens with one attached hydrogen (secondary N) is 1. The Morgan fingerprint density at radius 3 is 2.61 bits per heavy atom. The highest BCUT2D eigenvalue weighted by Crippen LogP contribution is 2.20. The molecule has 3 rings (SSSR count). The van der Waals surface area contributed by atoms with Gasteiger partial charge in [0.05, 0.1) is 17.9 Å². The number of hydrogen-bond acceptors (Lipinski definition) is 4. The van der Waals surface area contributed by atoms with Crippen molar-refractivity contribution in [3.63, 3.8) is 0 Å². The summed E-state index contributed by atoms with van der Waals surface area (Å²) < 4.78 is 5.06. The summed E-state index contributed by atoms with van der Waals surface area (Å²) in [6, 6.07) is 14.6. The molecule has 1 amide bonds. The summed E-state index contributed by atoms with van der Waals surface area (Å²) in [4.78, 5) is 27.2. The Hall–Kier alpha value is -2.66. The van der Waals surface area contributed by atoms with Gasteiger partial charge in [-0.05, 0) is 62.1 Å². The summed E-state index contributed by atoms with van der Waals surface area (Å²) in [6.07, 6.45) is 2.56. The smallest absolute Gasteiger partial charge is 0.340 e. The van der Waals surface area contributed by atoms with E-state index < -0.39 is 5.97 Å². The van der Waals surface area contributed by atoms with Crippen molar-refractivity contribution < 1.29 is 14.3 Å². The average Bonchev–Trinajstić information content (AvgIpc) is 2.69. The van der Waals surface area contributed by atoms with E-state index in [0.29, 0.717) is 23.4 Å². The summed E-state index contributed by atoms with van der Waals surface area (Å²) >= 11 is 0. The third kappa shape index (κ3) is 5.20. The monoisotopic (exact) mass is 380 g/mol. The van der Waals surface area contributed by atoms with Gasteiger partial charge in [-0.1, -0.05) is 31.2 Å². The Kier molecular flexibility index (Phi) is 6.82. The number of piperidine rings is 1. The van der Waals surface area contributed by atoms with Crippen LogP contribution in [0.5, 0.6) is 0 Å². The van der Waals surface area contributed by atoms with E-state index in [4.69, 9.17) is 4.74 Å². The number of benzene rings is 2. The number of nitrogens with zero attached hydrogens (tertiary/aromatic N) is 1. The van der Waals surface area contributed by atoms with E-state index in [-0.39, 0.29) is 5.91 Å². The van der Waals surface area contributed by atoms with Crippen molar-refractivity contribution in [2.75, 3.05) is 25.0 Å². The lowest BCUT2D eigenvalue weighted by molar-refractivity contribution is 0.0527. The summed E-state index contributed by atoms with van der Waals surface area (Å²) in [5.41, 5.74) is 2.58. The molecular formula is C23H28N2O3. The molecule has 1 fully saturated rings. The van der Waals surface area contributed by atoms with Crippen molar-refractivity contribution in [3.8, 4) is 0 Å². The molecule has 0 aliphatic carbocycles. The molecule has 1 saturated heterocycles. The predicted molar refractivity (Wildman–Crippen MR) is 110 cm³/mol. The zero-order valence-corrected chi connectivity index (χ0v) is 16.6. The number of ether oxygens (including phenoxy) is 1. The van der Waals surface area contributed by atoms with E-state index in [9.17, 15) is 9.59 Å². The minimum absolute atomic E-state index is 0.241. The van der Waals surface area contributed by atoms with Crippen LogP contribution >= 0.6 is 0 Å². The lowest BCUT2D eigenvalue weighted by atomic mass is 9.99. The highest BCUT2D eigenvalue weighted by molar-refractivity contribution is 6.08. The average molecular weight is 380 g/mol. The molecular weight excluding hydrogens is 352 g/mol. The van der Waals surface area contributed by atoms with Gasteiger partial charge in [0, 0.05) is 18.7 Å². The summed E-state index contributed by atoms with van der Waals surface area (Å²) in [5, 5.41) is 2.82. The molecule has 5 nitrogen and oxygen atoms in total. The van der Waals surface area contributed by atoms with Gasteiger partial charge in [0.15, 0.2) is 0 Å². The van der Waals surface area contributed by atoms with Gasteiger partial charge in [0.2, 0.25) is 0 Å². The molecule has 28 heavy (non-hydrogen) atoms. The number of likely N-dealkylation sites (tertiary alicyclic amines) is 1. The second kappa shape index (κ2) is 9.51. The van der Waals surface area contributed by atoms with E-state index in [2.05, 4.69) is 17.1 Å². The largest absolute Gasteiger partial charge is 0.462 e. The normalized spacial score (nSPS) is 17.1. The van der Waals surface area contributed by atoms with Crippen LogP contribution in [0.2, 0.25) is 0 Å². The van der Waals surface area contributed by atoms with Crippen LogP contribution in [-0.2, 0) is 11.3 Å². The summed E-state index contributed by atoms with van der Waals surface area (Å²) in [7, 11) is 0. The number of rotatable bonds is 6. The number of hydrogen-bond donors (Lipinski definition) is 1. The first-order valence-electron chi connectivity index (χ1n) is 9.95. The van der Waals surface area contributed by atoms with E-state index in [0.717, 1.165) is 25.6 Å². The first-order valence-corrected chi connectivity index (χ1v) is 9.95. The standard InChI is InChI=1S/C23H28N2O3/c1-3-28-23(27)20-8-4-5-9-21(20)24-22(26)19-12-10-18(11-13-19)16-25-14-6-7-17(2)15-25/h4-5,8-13,17H,3,6-7,14-16H2,1-2H3,(H,24,26). The number of esters is 1. The number of para-hydroxylation sites is 1. The summed E-state index contributed by atoms with van der Waals surface area (Å²) in [6.45, 7) is 7.53. The molecule has 1 N–H and O–H groups in total. The van der Waals surface area contributed by atoms with Gasteiger partial charge in [-0.25, -0.2) is 4.79 Å². The number of carbonyl (C=O) groups excluding carboxylic acids is 2. The Bertz CT molecular complexity index is 817. The maximum atomic E-state index is 12.6. The third-order valence-corrected chi connectivity index (χ3v) is 5.03. The fraction of sp³-hybridized carbons (Fsp3) is 0.391. The van der Waals surface area contributed by atoms with Crippen LogP contribution in [0.4, 0.5) is 5.69 Å². The van der Waals surface area contributed by atoms with Gasteiger partial charge in [-0.3, -0.25) is 9.69 Å². The minimum atomic E-state index is -0.440. The summed E-state index contributed by atoms with van der Waals surface area (Å²) in [5.74, 6) is 0.0673. The number of amides is 1. The van der Waals surface area contributed by atoms with E-state index in [1.807, 2.05) is 24.3 Å². The molecule has 2 aromatic carbocycles. The zero-order valence-electron chi connectivity index (χ0n) is 16.6. The minimum Gasteiger partial charge on any atom is -0.462 e. The van der Waals surface area contributed by atoms with Crippen LogP contribution in [0.3, 0.4) is 0 Å². The SMILES string of the molecule is CCOC(=O)c1ccccc1NC(=O)c1ccc(CN2CCCC(C)C2)cc1. The van der Waals surface area contributed by atoms with Crippen molar-refractivity contribution in [1.29, 1.82) is 0 Å². The number of anilines is 1. The van der Waals surface area contributed by atoms with Gasteiger partial charge in [-0.2, -0.15) is 0 Å². The fourth-order valence-electron chi connectivity index (χ4n) is 3.62. The first kappa shape index (κ1) is 20.1. The van der Waals surface area contributed by atoms with Gasteiger partial charge >= 0.3 is 5.97 Å². The Labute approximate surface area is 166 Å². The van der Waals surface area contributed by atoms with Gasteiger partial charge < -0.3 is 10.1 Å². The maximum absolute atomic E-state index is 12.6. The Morgan fingerprint density at radius 2 is 1.89 bits per heavy atom. The van der Waals surface area contributed by atoms with Crippen molar-refractivity contribution in [1.82, 2.24) is 4.90 Å². The van der Waals surface area contributed by atoms with Crippen molar-refractivity contribution >= 4 is 17.6 Å². The van der Waals surface area contributed by atoms with E-state index in [1.54, 1.807) is 31.2 Å². The molecule has 1 aliphatic heterocycles. The second-order valence-electron chi connectivity index (χ2n) is 7.40. The molecule has 1 atom stereocenters. The topological polar surface area (TPSA) is 58.6 Å². The third-order valence-electron chi connectivity index (χ3n) is 5.03. The molecule has 0 aromatic heterocycles. The van der Waals surface area contributed by atoms with Crippen molar-refractivity contribution in [2.24, 2.45) is 5.92 Å². The first-order chi connectivity index (χ1) is 13.6. The quantitative estimate of drug-likeness (QED) is 0.757. The van der Waals surface area contributed by atoms with Crippen molar-refractivity contribution in [2.45, 2.75) is 33.2 Å². The second-order valence-corrected chi connectivity index (χ2v) is 7.40. The molecule has 1 aliphatic rings. The number of carbonyl (C=O) groups is 2. The molecule has 5 heteroatoms. The van der Waals surface area contributed by atoms with Crippen LogP contribution in [0.25, 0.3) is 0 Å². The molecule has 2 aromatic rings. The lowest BCUT2D eigenvalue weighted by Gasteiger charge is -2.30. The van der Waals surface area contributed by atoms with Crippen LogP contribution in [0.1, 0.15) is 53.0 Å². The Morgan fingerprint density at radius 1 is 1.14 bits per heavy atom. The Balaban J connectivity index is 1.65. The predicted octanol–water partition coefficient (Wildman–Crippen LogP) is 4.35. The molecule has 1 heterocycles. The maximum Gasteiger partial charge on any atom is 0.340 e. The zero-order chi connectivity index (χ0) is 19.9. The van der Waals surface area contributed by atoms with Crippen molar-refractivity contribution in [3.05, 3.63) is 65.2 Å². The fourth-order valence-corrected chi connectivity index (χ4v) is 3.62. The van der Waals surface area contributed by atoms with E-state index >= 15 is 0 Å². The molecule has 0 spiro atoms. The van der Waals surface area contributed by atoms with Gasteiger partial charge in [0.25, 0.3) is 5.91 Å². The molecule has 1 unspecified atom stereocenters. The molecule has 148 valence electrons. The van der Waals surface area contributed by atoms with Crippen LogP contribution in [0, 0.1) is 5.92 Å².